The van der Waals surface area contributed by atoms with Crippen molar-refractivity contribution in [1.82, 2.24) is 24.4 Å². The molecule has 1 atom stereocenters. The van der Waals surface area contributed by atoms with Crippen molar-refractivity contribution in [2.75, 3.05) is 24.5 Å². The van der Waals surface area contributed by atoms with Crippen molar-refractivity contribution < 1.29 is 13.9 Å². The molecule has 1 aliphatic heterocycles. The summed E-state index contributed by atoms with van der Waals surface area (Å²) in [5, 5.41) is 0.854. The fraction of sp³-hybridized carbons (Fsp3) is 0.333. The third-order valence-corrected chi connectivity index (χ3v) is 6.17. The molecule has 1 fully saturated rings. The van der Waals surface area contributed by atoms with Gasteiger partial charge in [0.1, 0.15) is 23.6 Å². The minimum atomic E-state index is -0.547. The number of fused-ring (bicyclic) bond motifs is 1. The molecule has 9 heteroatoms. The van der Waals surface area contributed by atoms with Crippen molar-refractivity contribution in [3.05, 3.63) is 67.1 Å². The van der Waals surface area contributed by atoms with E-state index in [0.717, 1.165) is 22.3 Å². The normalized spacial score (nSPS) is 16.4. The minimum absolute atomic E-state index is 0.0105. The molecule has 0 bridgehead atoms. The maximum absolute atomic E-state index is 14.1. The summed E-state index contributed by atoms with van der Waals surface area (Å²) in [6.07, 6.45) is 6.70. The molecule has 1 saturated heterocycles. The van der Waals surface area contributed by atoms with Crippen LogP contribution in [-0.4, -0.2) is 61.8 Å². The Bertz CT molecular complexity index is 1400. The van der Waals surface area contributed by atoms with E-state index >= 15 is 0 Å². The SMILES string of the molecule is CC1CN(C(=O)OC(C)(C)C)CCN1c1ncnc2c1c(-c1cccnc1)cn2-c1cccc(F)c1. The average molecular weight is 489 g/mol. The highest BCUT2D eigenvalue weighted by molar-refractivity contribution is 6.02. The molecular weight excluding hydrogens is 459 g/mol. The van der Waals surface area contributed by atoms with E-state index in [1.807, 2.05) is 49.7 Å². The fourth-order valence-corrected chi connectivity index (χ4v) is 4.59. The number of nitrogens with zero attached hydrogens (tertiary/aromatic N) is 6. The monoisotopic (exact) mass is 488 g/mol. The van der Waals surface area contributed by atoms with Crippen LogP contribution in [0.15, 0.2) is 61.3 Å². The fourth-order valence-electron chi connectivity index (χ4n) is 4.59. The van der Waals surface area contributed by atoms with Crippen LogP contribution in [0, 0.1) is 5.82 Å². The Morgan fingerprint density at radius 3 is 2.67 bits per heavy atom. The van der Waals surface area contributed by atoms with Crippen molar-refractivity contribution in [3.8, 4) is 16.8 Å². The second-order valence-corrected chi connectivity index (χ2v) is 10.00. The Morgan fingerprint density at radius 2 is 1.97 bits per heavy atom. The van der Waals surface area contributed by atoms with E-state index in [-0.39, 0.29) is 18.0 Å². The summed E-state index contributed by atoms with van der Waals surface area (Å²) in [5.41, 5.74) is 2.61. The first-order chi connectivity index (χ1) is 17.2. The Labute approximate surface area is 209 Å². The number of piperazine rings is 1. The molecule has 4 heterocycles. The molecule has 0 radical (unpaired) electrons. The number of hydrogen-bond acceptors (Lipinski definition) is 6. The Hall–Kier alpha value is -4.01. The summed E-state index contributed by atoms with van der Waals surface area (Å²) in [6, 6.07) is 10.3. The van der Waals surface area contributed by atoms with Crippen LogP contribution in [0.5, 0.6) is 0 Å². The third-order valence-electron chi connectivity index (χ3n) is 6.17. The second kappa shape index (κ2) is 9.22. The van der Waals surface area contributed by atoms with Gasteiger partial charge in [0.15, 0.2) is 5.65 Å². The van der Waals surface area contributed by atoms with Crippen LogP contribution in [0.1, 0.15) is 27.7 Å². The minimum Gasteiger partial charge on any atom is -0.444 e. The van der Waals surface area contributed by atoms with Crippen molar-refractivity contribution in [1.29, 1.82) is 0 Å². The first-order valence-corrected chi connectivity index (χ1v) is 12.0. The highest BCUT2D eigenvalue weighted by atomic mass is 19.1. The van der Waals surface area contributed by atoms with Crippen LogP contribution in [0.3, 0.4) is 0 Å². The van der Waals surface area contributed by atoms with Crippen LogP contribution in [0.25, 0.3) is 27.8 Å². The van der Waals surface area contributed by atoms with E-state index in [2.05, 4.69) is 21.8 Å². The number of halogens is 1. The molecular formula is C27H29FN6O2. The van der Waals surface area contributed by atoms with E-state index in [0.29, 0.717) is 31.0 Å². The number of amides is 1. The van der Waals surface area contributed by atoms with Gasteiger partial charge in [-0.15, -0.1) is 0 Å². The first-order valence-electron chi connectivity index (χ1n) is 12.0. The maximum atomic E-state index is 14.1. The summed E-state index contributed by atoms with van der Waals surface area (Å²) in [4.78, 5) is 30.2. The number of pyridine rings is 1. The van der Waals surface area contributed by atoms with Gasteiger partial charge in [-0.2, -0.15) is 0 Å². The Balaban J connectivity index is 1.58. The van der Waals surface area contributed by atoms with Crippen LogP contribution < -0.4 is 4.90 Å². The van der Waals surface area contributed by atoms with Crippen LogP contribution in [-0.2, 0) is 4.74 Å². The second-order valence-electron chi connectivity index (χ2n) is 10.00. The van der Waals surface area contributed by atoms with E-state index in [1.54, 1.807) is 23.4 Å². The molecule has 1 amide bonds. The molecule has 4 aromatic rings. The standard InChI is InChI=1S/C27H29FN6O2/c1-18-15-32(26(35)36-27(2,3)4)11-12-33(18)24-23-22(19-7-6-10-29-14-19)16-34(25(23)31-17-30-24)21-9-5-8-20(28)13-21/h5-10,13-14,16-18H,11-12,15H2,1-4H3. The van der Waals surface area contributed by atoms with Crippen LogP contribution in [0.4, 0.5) is 15.0 Å². The topological polar surface area (TPSA) is 76.4 Å². The van der Waals surface area contributed by atoms with Gasteiger partial charge in [-0.1, -0.05) is 12.1 Å². The number of rotatable bonds is 3. The predicted molar refractivity (Wildman–Crippen MR) is 137 cm³/mol. The number of aromatic nitrogens is 4. The molecule has 0 spiro atoms. The lowest BCUT2D eigenvalue weighted by Crippen LogP contribution is -2.54. The zero-order chi connectivity index (χ0) is 25.4. The molecule has 1 aromatic carbocycles. The van der Waals surface area contributed by atoms with E-state index in [1.165, 1.54) is 18.5 Å². The number of carbonyl (C=O) groups is 1. The number of ether oxygens (including phenoxy) is 1. The highest BCUT2D eigenvalue weighted by Gasteiger charge is 2.32. The predicted octanol–water partition coefficient (Wildman–Crippen LogP) is 5.07. The van der Waals surface area contributed by atoms with Gasteiger partial charge in [-0.25, -0.2) is 19.2 Å². The summed E-state index contributed by atoms with van der Waals surface area (Å²) < 4.78 is 21.6. The molecule has 5 rings (SSSR count). The average Bonchev–Trinajstić information content (AvgIpc) is 3.24. The lowest BCUT2D eigenvalue weighted by Gasteiger charge is -2.41. The van der Waals surface area contributed by atoms with E-state index < -0.39 is 5.60 Å². The van der Waals surface area contributed by atoms with Crippen molar-refractivity contribution >= 4 is 22.9 Å². The maximum Gasteiger partial charge on any atom is 0.410 e. The van der Waals surface area contributed by atoms with Gasteiger partial charge in [0.05, 0.1) is 5.39 Å². The Kier molecular flexibility index (Phi) is 6.07. The van der Waals surface area contributed by atoms with Gasteiger partial charge in [0.2, 0.25) is 0 Å². The van der Waals surface area contributed by atoms with Gasteiger partial charge in [-0.05, 0) is 52.0 Å². The van der Waals surface area contributed by atoms with Gasteiger partial charge < -0.3 is 19.1 Å². The quantitative estimate of drug-likeness (QED) is 0.401. The van der Waals surface area contributed by atoms with Gasteiger partial charge in [0.25, 0.3) is 0 Å². The zero-order valence-corrected chi connectivity index (χ0v) is 20.8. The van der Waals surface area contributed by atoms with E-state index in [4.69, 9.17) is 9.72 Å². The molecule has 186 valence electrons. The number of benzene rings is 1. The molecule has 3 aromatic heterocycles. The largest absolute Gasteiger partial charge is 0.444 e. The van der Waals surface area contributed by atoms with Gasteiger partial charge in [-0.3, -0.25) is 4.98 Å². The summed E-state index contributed by atoms with van der Waals surface area (Å²) >= 11 is 0. The Morgan fingerprint density at radius 1 is 1.14 bits per heavy atom. The zero-order valence-electron chi connectivity index (χ0n) is 20.8. The summed E-state index contributed by atoms with van der Waals surface area (Å²) in [7, 11) is 0. The molecule has 0 N–H and O–H groups in total. The highest BCUT2D eigenvalue weighted by Crippen LogP contribution is 2.37. The number of hydrogen-bond donors (Lipinski definition) is 0. The van der Waals surface area contributed by atoms with Crippen molar-refractivity contribution in [2.45, 2.75) is 39.3 Å². The molecule has 8 nitrogen and oxygen atoms in total. The van der Waals surface area contributed by atoms with Crippen LogP contribution >= 0.6 is 0 Å². The molecule has 0 aliphatic carbocycles. The van der Waals surface area contributed by atoms with Crippen molar-refractivity contribution in [2.24, 2.45) is 0 Å². The summed E-state index contributed by atoms with van der Waals surface area (Å²) in [5.74, 6) is 0.448. The lowest BCUT2D eigenvalue weighted by molar-refractivity contribution is 0.0218. The van der Waals surface area contributed by atoms with Crippen LogP contribution in [0.2, 0.25) is 0 Å². The van der Waals surface area contributed by atoms with Gasteiger partial charge >= 0.3 is 6.09 Å². The van der Waals surface area contributed by atoms with Gasteiger partial charge in [0, 0.05) is 61.1 Å². The number of anilines is 1. The summed E-state index contributed by atoms with van der Waals surface area (Å²) in [6.45, 7) is 9.27. The smallest absolute Gasteiger partial charge is 0.410 e. The third kappa shape index (κ3) is 4.60. The first kappa shape index (κ1) is 23.7. The molecule has 1 unspecified atom stereocenters. The van der Waals surface area contributed by atoms with E-state index in [9.17, 15) is 9.18 Å². The number of carbonyl (C=O) groups excluding carboxylic acids is 1. The molecule has 0 saturated carbocycles. The molecule has 1 aliphatic rings. The van der Waals surface area contributed by atoms with Crippen molar-refractivity contribution in [3.63, 3.8) is 0 Å². The lowest BCUT2D eigenvalue weighted by atomic mass is 10.1. The molecule has 36 heavy (non-hydrogen) atoms.